The fourth-order valence-electron chi connectivity index (χ4n) is 13.6. The van der Waals surface area contributed by atoms with Crippen LogP contribution in [0.2, 0.25) is 0 Å². The summed E-state index contributed by atoms with van der Waals surface area (Å²) in [6.07, 6.45) is 12.9. The van der Waals surface area contributed by atoms with E-state index in [4.69, 9.17) is 13.3 Å². The van der Waals surface area contributed by atoms with Gasteiger partial charge in [0.25, 0.3) is 0 Å². The number of benzene rings is 9. The summed E-state index contributed by atoms with van der Waals surface area (Å²) in [5.74, 6) is 1.41. The monoisotopic (exact) mass is 2050 g/mol. The molecule has 0 unspecified atom stereocenters. The molecule has 9 heterocycles. The minimum atomic E-state index is 0. The average molecular weight is 2050 g/mol. The number of furan rings is 3. The molecule has 18 rings (SSSR count). The van der Waals surface area contributed by atoms with Gasteiger partial charge in [0.1, 0.15) is 16.7 Å². The second-order valence-corrected chi connectivity index (χ2v) is 31.5. The molecule has 9 aromatic carbocycles. The molecule has 116 heavy (non-hydrogen) atoms. The molecule has 0 aliphatic carbocycles. The molecule has 0 fully saturated rings. The Morgan fingerprint density at radius 1 is 0.276 bits per heavy atom. The van der Waals surface area contributed by atoms with Crippen molar-refractivity contribution in [1.82, 2.24) is 29.9 Å². The number of rotatable bonds is 11. The molecule has 0 aliphatic heterocycles. The van der Waals surface area contributed by atoms with E-state index in [9.17, 15) is 0 Å². The number of hydrogen-bond donors (Lipinski definition) is 0. The van der Waals surface area contributed by atoms with Crippen LogP contribution in [0.3, 0.4) is 0 Å². The molecule has 0 aliphatic rings. The third kappa shape index (κ3) is 22.0. The van der Waals surface area contributed by atoms with E-state index in [0.717, 1.165) is 135 Å². The molecule has 9 nitrogen and oxygen atoms in total. The SMILES string of the molecule is CC(C)(C)Cc1cccc2c1oc1c(-c3ccccn3)[c-]ccc12.CC(C)c1ccnc(-c2[c-]ccc3c2oc2c(CC(C)(C)C)cccc23)c1.Cc1cc(C(C)C)cc2c1oc1c(-c3cc(C(C)C)ccn3)[c-]ccc12.[Ir].[Ir].[Ir].[c-]1ccccc1-c1ccccn1.[c-]1ccccc1-c1ccccn1.[c-]1ccccc1-c1ccccn1. The van der Waals surface area contributed by atoms with Crippen molar-refractivity contribution in [2.24, 2.45) is 10.8 Å². The molecule has 0 bridgehead atoms. The van der Waals surface area contributed by atoms with Crippen molar-refractivity contribution in [3.63, 3.8) is 0 Å². The van der Waals surface area contributed by atoms with Crippen LogP contribution in [0.5, 0.6) is 0 Å². The molecule has 0 atom stereocenters. The van der Waals surface area contributed by atoms with Gasteiger partial charge in [0.15, 0.2) is 0 Å². The smallest absolute Gasteiger partial charge is 0.124 e. The second-order valence-electron chi connectivity index (χ2n) is 31.5. The molecule has 9 aromatic heterocycles. The zero-order chi connectivity index (χ0) is 79.0. The Hall–Kier alpha value is -10.8. The Balaban J connectivity index is 0.000000151. The van der Waals surface area contributed by atoms with Crippen LogP contribution in [0.15, 0.2) is 305 Å². The van der Waals surface area contributed by atoms with Crippen LogP contribution in [-0.4, -0.2) is 29.9 Å². The maximum absolute atomic E-state index is 6.44. The number of aryl methyl sites for hydroxylation is 1. The van der Waals surface area contributed by atoms with Gasteiger partial charge < -0.3 is 43.2 Å². The molecule has 0 saturated heterocycles. The number of para-hydroxylation sites is 2. The van der Waals surface area contributed by atoms with Gasteiger partial charge in [-0.2, -0.15) is 0 Å². The number of nitrogens with zero attached hydrogens (tertiary/aromatic N) is 6. The first-order chi connectivity index (χ1) is 54.7. The van der Waals surface area contributed by atoms with Crippen LogP contribution in [0.25, 0.3) is 133 Å². The average Bonchev–Trinajstić information content (AvgIpc) is 1.61. The summed E-state index contributed by atoms with van der Waals surface area (Å²) in [4.78, 5) is 26.3. The molecular weight excluding hydrogens is 1960 g/mol. The Labute approximate surface area is 724 Å². The summed E-state index contributed by atoms with van der Waals surface area (Å²) in [5.41, 5.74) is 25.1. The maximum Gasteiger partial charge on any atom is 0.124 e. The summed E-state index contributed by atoms with van der Waals surface area (Å²) >= 11 is 0. The number of pyridine rings is 6. The largest absolute Gasteiger partial charge is 0.500 e. The predicted octanol–water partition coefficient (Wildman–Crippen LogP) is 27.8. The van der Waals surface area contributed by atoms with E-state index in [1.54, 1.807) is 24.8 Å². The summed E-state index contributed by atoms with van der Waals surface area (Å²) in [6.45, 7) is 28.9. The number of hydrogen-bond acceptors (Lipinski definition) is 9. The number of fused-ring (bicyclic) bond motifs is 9. The fraction of sp³-hybridized carbons (Fsp3) is 0.192. The molecule has 18 aromatic rings. The third-order valence-electron chi connectivity index (χ3n) is 19.2. The zero-order valence-corrected chi connectivity index (χ0v) is 75.0. The van der Waals surface area contributed by atoms with E-state index in [2.05, 4.69) is 247 Å². The topological polar surface area (TPSA) is 117 Å². The minimum absolute atomic E-state index is 0. The Morgan fingerprint density at radius 2 is 0.603 bits per heavy atom. The summed E-state index contributed by atoms with van der Waals surface area (Å²) in [5, 5.41) is 6.90. The maximum atomic E-state index is 6.44. The van der Waals surface area contributed by atoms with Gasteiger partial charge in [0.2, 0.25) is 0 Å². The molecule has 3 radical (unpaired) electrons. The molecule has 0 spiro atoms. The van der Waals surface area contributed by atoms with E-state index in [-0.39, 0.29) is 71.1 Å². The van der Waals surface area contributed by atoms with Gasteiger partial charge in [-0.05, 0) is 147 Å². The van der Waals surface area contributed by atoms with Crippen molar-refractivity contribution >= 4 is 65.8 Å². The molecule has 0 saturated carbocycles. The normalized spacial score (nSPS) is 11.1. The molecular formula is C104H94Ir3N6O3-6. The first kappa shape index (κ1) is 87.6. The Morgan fingerprint density at radius 3 is 0.940 bits per heavy atom. The zero-order valence-electron chi connectivity index (χ0n) is 67.8. The van der Waals surface area contributed by atoms with Gasteiger partial charge in [-0.1, -0.05) is 230 Å². The van der Waals surface area contributed by atoms with E-state index in [1.807, 2.05) is 176 Å². The van der Waals surface area contributed by atoms with E-state index in [1.165, 1.54) is 44.2 Å². The molecule has 0 amide bonds. The standard InChI is InChI=1S/C25H26NO.C24H24NO.C22H20NO.3C11H8N.3Ir/c1-16(2)17-12-13-26-22(14-17)21-11-7-10-20-19-9-6-8-18(15-25(3,4)5)23(19)27-24(20)21;1-14(2)17-9-10-25-22(13-17)20-8-6-7-19-21-12-18(15(3)4)11-16(5)23(21)26-24(19)20;1-22(2,3)14-15-8-6-9-16-17-10-7-11-18(21(17)24-20(15)16)19-12-4-5-13-23-19;3*1-2-6-10(7-3-1)11-8-4-5-9-12-11;;;/h6-10,12-14,16H,15H2,1-5H3;6-7,9-15H,1-5H3;4-10,12-13H,14H2,1-3H3;3*1-6,8-9H;;;/q6*-1;;;. The first-order valence-electron chi connectivity index (χ1n) is 38.8. The molecule has 12 heteroatoms. The van der Waals surface area contributed by atoms with Crippen LogP contribution in [0.4, 0.5) is 0 Å². The van der Waals surface area contributed by atoms with Gasteiger partial charge >= 0.3 is 0 Å². The van der Waals surface area contributed by atoms with Crippen molar-refractivity contribution in [1.29, 1.82) is 0 Å². The molecule has 591 valence electrons. The van der Waals surface area contributed by atoms with Gasteiger partial charge in [-0.15, -0.1) is 162 Å². The van der Waals surface area contributed by atoms with Crippen LogP contribution >= 0.6 is 0 Å². The van der Waals surface area contributed by atoms with Crippen molar-refractivity contribution in [2.75, 3.05) is 0 Å². The predicted molar refractivity (Wildman–Crippen MR) is 466 cm³/mol. The van der Waals surface area contributed by atoms with Crippen LogP contribution in [0, 0.1) is 54.2 Å². The van der Waals surface area contributed by atoms with Gasteiger partial charge in [-0.3, -0.25) is 0 Å². The third-order valence-corrected chi connectivity index (χ3v) is 19.2. The van der Waals surface area contributed by atoms with Crippen molar-refractivity contribution < 1.29 is 73.6 Å². The van der Waals surface area contributed by atoms with Crippen molar-refractivity contribution in [3.05, 3.63) is 362 Å². The van der Waals surface area contributed by atoms with Crippen molar-refractivity contribution in [2.45, 2.75) is 121 Å². The van der Waals surface area contributed by atoms with E-state index in [0.29, 0.717) is 17.8 Å². The summed E-state index contributed by atoms with van der Waals surface area (Å²) < 4.78 is 19.1. The van der Waals surface area contributed by atoms with E-state index < -0.39 is 0 Å². The Bertz CT molecular complexity index is 5830. The Kier molecular flexibility index (Phi) is 30.7. The molecule has 0 N–H and O–H groups in total. The number of aromatic nitrogens is 6. The summed E-state index contributed by atoms with van der Waals surface area (Å²) in [7, 11) is 0. The second kappa shape index (κ2) is 40.7. The summed E-state index contributed by atoms with van der Waals surface area (Å²) in [6, 6.07) is 104. The van der Waals surface area contributed by atoms with Gasteiger partial charge in [0, 0.05) is 114 Å². The van der Waals surface area contributed by atoms with Gasteiger partial charge in [-0.25, -0.2) is 0 Å². The van der Waals surface area contributed by atoms with Crippen LogP contribution in [0.1, 0.15) is 134 Å². The minimum Gasteiger partial charge on any atom is -0.500 e. The van der Waals surface area contributed by atoms with Gasteiger partial charge in [0.05, 0.1) is 16.7 Å². The van der Waals surface area contributed by atoms with Crippen LogP contribution in [-0.2, 0) is 73.2 Å². The quantitative estimate of drug-likeness (QED) is 0.117. The first-order valence-corrected chi connectivity index (χ1v) is 38.8. The fourth-order valence-corrected chi connectivity index (χ4v) is 13.6. The van der Waals surface area contributed by atoms with Crippen molar-refractivity contribution in [3.8, 4) is 67.5 Å². The van der Waals surface area contributed by atoms with E-state index >= 15 is 0 Å². The van der Waals surface area contributed by atoms with Crippen LogP contribution < -0.4 is 0 Å².